The highest BCUT2D eigenvalue weighted by atomic mass is 19.3. The van der Waals surface area contributed by atoms with Gasteiger partial charge in [0.15, 0.2) is 0 Å². The van der Waals surface area contributed by atoms with Crippen molar-refractivity contribution in [3.05, 3.63) is 89.3 Å². The van der Waals surface area contributed by atoms with E-state index < -0.39 is 6.61 Å². The maximum Gasteiger partial charge on any atom is 0.387 e. The van der Waals surface area contributed by atoms with E-state index >= 15 is 0 Å². The number of hydrogen-bond acceptors (Lipinski definition) is 6. The number of amides is 1. The molecule has 0 aliphatic carbocycles. The van der Waals surface area contributed by atoms with E-state index in [2.05, 4.69) is 15.2 Å². The van der Waals surface area contributed by atoms with E-state index in [0.29, 0.717) is 39.6 Å². The monoisotopic (exact) mass is 494 g/mol. The highest BCUT2D eigenvalue weighted by Crippen LogP contribution is 2.35. The van der Waals surface area contributed by atoms with Crippen molar-refractivity contribution in [2.75, 3.05) is 12.4 Å². The number of nitrogens with one attached hydrogen (secondary N) is 1. The third-order valence-corrected chi connectivity index (χ3v) is 5.52. The number of nitrogens with zero attached hydrogens (tertiary/aromatic N) is 1. The predicted octanol–water partition coefficient (Wildman–Crippen LogP) is 6.40. The number of hydrogen-bond donors (Lipinski definition) is 1. The Morgan fingerprint density at radius 1 is 1.03 bits per heavy atom. The van der Waals surface area contributed by atoms with Gasteiger partial charge in [0.05, 0.1) is 18.4 Å². The highest BCUT2D eigenvalue weighted by molar-refractivity contribution is 6.04. The van der Waals surface area contributed by atoms with Crippen molar-refractivity contribution in [1.82, 2.24) is 5.16 Å². The number of rotatable bonds is 9. The Labute approximate surface area is 206 Å². The lowest BCUT2D eigenvalue weighted by atomic mass is 10.0. The second-order valence-electron chi connectivity index (χ2n) is 7.89. The fourth-order valence-electron chi connectivity index (χ4n) is 3.60. The van der Waals surface area contributed by atoms with Crippen molar-refractivity contribution < 1.29 is 32.3 Å². The smallest absolute Gasteiger partial charge is 0.387 e. The molecule has 4 aromatic rings. The molecule has 0 saturated carbocycles. The van der Waals surface area contributed by atoms with E-state index in [1.54, 1.807) is 61.5 Å². The summed E-state index contributed by atoms with van der Waals surface area (Å²) in [5.74, 6) is 1.40. The van der Waals surface area contributed by atoms with Crippen LogP contribution in [0.1, 0.15) is 27.4 Å². The van der Waals surface area contributed by atoms with Gasteiger partial charge < -0.3 is 24.1 Å². The normalized spacial score (nSPS) is 10.8. The minimum Gasteiger partial charge on any atom is -0.497 e. The fourth-order valence-corrected chi connectivity index (χ4v) is 3.60. The highest BCUT2D eigenvalue weighted by Gasteiger charge is 2.15. The molecule has 0 aliphatic rings. The molecular formula is C27H24F2N2O5. The molecule has 1 N–H and O–H groups in total. The first-order valence-electron chi connectivity index (χ1n) is 11.0. The van der Waals surface area contributed by atoms with E-state index in [1.807, 2.05) is 6.92 Å². The van der Waals surface area contributed by atoms with Gasteiger partial charge in [0.1, 0.15) is 29.6 Å². The van der Waals surface area contributed by atoms with Crippen molar-refractivity contribution in [3.8, 4) is 28.4 Å². The van der Waals surface area contributed by atoms with Gasteiger partial charge in [0.25, 0.3) is 5.91 Å². The maximum atomic E-state index is 13.0. The molecule has 0 fully saturated rings. The number of benzene rings is 3. The predicted molar refractivity (Wildman–Crippen MR) is 130 cm³/mol. The second kappa shape index (κ2) is 10.9. The number of aryl methyl sites for hydroxylation is 2. The Balaban J connectivity index is 1.53. The van der Waals surface area contributed by atoms with Crippen LogP contribution >= 0.6 is 0 Å². The van der Waals surface area contributed by atoms with Crippen LogP contribution in [0.3, 0.4) is 0 Å². The van der Waals surface area contributed by atoms with Crippen molar-refractivity contribution in [2.45, 2.75) is 27.1 Å². The van der Waals surface area contributed by atoms with Crippen LogP contribution in [0, 0.1) is 13.8 Å². The SMILES string of the molecule is COc1ccc(-c2cc(NC(=O)c3cccc(OCc4c(C)noc4C)c3)ccc2OC(F)F)cc1. The molecule has 1 heterocycles. The van der Waals surface area contributed by atoms with Gasteiger partial charge in [-0.05, 0) is 67.9 Å². The summed E-state index contributed by atoms with van der Waals surface area (Å²) in [7, 11) is 1.54. The first-order valence-corrected chi connectivity index (χ1v) is 11.0. The van der Waals surface area contributed by atoms with Gasteiger partial charge >= 0.3 is 6.61 Å². The average Bonchev–Trinajstić information content (AvgIpc) is 3.20. The molecule has 0 aliphatic heterocycles. The second-order valence-corrected chi connectivity index (χ2v) is 7.89. The number of ether oxygens (including phenoxy) is 3. The number of carbonyl (C=O) groups is 1. The number of carbonyl (C=O) groups excluding carboxylic acids is 1. The first-order chi connectivity index (χ1) is 17.3. The first kappa shape index (κ1) is 24.7. The lowest BCUT2D eigenvalue weighted by molar-refractivity contribution is -0.0494. The van der Waals surface area contributed by atoms with Crippen LogP contribution in [0.15, 0.2) is 71.3 Å². The molecule has 4 rings (SSSR count). The topological polar surface area (TPSA) is 82.8 Å². The van der Waals surface area contributed by atoms with E-state index in [-0.39, 0.29) is 18.3 Å². The number of anilines is 1. The molecule has 0 bridgehead atoms. The minimum absolute atomic E-state index is 0.0112. The molecule has 7 nitrogen and oxygen atoms in total. The lowest BCUT2D eigenvalue weighted by Gasteiger charge is -2.14. The van der Waals surface area contributed by atoms with Crippen LogP contribution in [0.2, 0.25) is 0 Å². The Morgan fingerprint density at radius 2 is 1.81 bits per heavy atom. The van der Waals surface area contributed by atoms with Crippen LogP contribution in [0.5, 0.6) is 17.2 Å². The van der Waals surface area contributed by atoms with Gasteiger partial charge in [-0.3, -0.25) is 4.79 Å². The largest absolute Gasteiger partial charge is 0.497 e. The number of methoxy groups -OCH3 is 1. The average molecular weight is 494 g/mol. The Hall–Kier alpha value is -4.40. The molecule has 0 spiro atoms. The van der Waals surface area contributed by atoms with Gasteiger partial charge in [-0.2, -0.15) is 8.78 Å². The van der Waals surface area contributed by atoms with Gasteiger partial charge in [-0.1, -0.05) is 23.4 Å². The van der Waals surface area contributed by atoms with Crippen molar-refractivity contribution >= 4 is 11.6 Å². The summed E-state index contributed by atoms with van der Waals surface area (Å²) in [6.45, 7) is 0.899. The summed E-state index contributed by atoms with van der Waals surface area (Å²) in [5, 5.41) is 6.70. The Bertz CT molecular complexity index is 1330. The van der Waals surface area contributed by atoms with Crippen molar-refractivity contribution in [2.24, 2.45) is 0 Å². The summed E-state index contributed by atoms with van der Waals surface area (Å²) < 4.78 is 46.8. The molecule has 36 heavy (non-hydrogen) atoms. The number of alkyl halides is 2. The zero-order valence-electron chi connectivity index (χ0n) is 19.9. The molecule has 0 saturated heterocycles. The standard InChI is InChI=1S/C27H24F2N2O5/c1-16-24(17(2)36-31-16)15-34-22-6-4-5-19(13-22)26(32)30-20-9-12-25(35-27(28)29)23(14-20)18-7-10-21(33-3)11-8-18/h4-14,27H,15H2,1-3H3,(H,30,32). The molecule has 1 amide bonds. The van der Waals surface area contributed by atoms with E-state index in [9.17, 15) is 13.6 Å². The zero-order chi connectivity index (χ0) is 25.7. The molecule has 3 aromatic carbocycles. The molecule has 0 atom stereocenters. The fraction of sp³-hybridized carbons (Fsp3) is 0.185. The molecule has 9 heteroatoms. The number of aromatic nitrogens is 1. The van der Waals surface area contributed by atoms with Crippen LogP contribution < -0.4 is 19.5 Å². The summed E-state index contributed by atoms with van der Waals surface area (Å²) in [6, 6.07) is 18.0. The number of halogens is 2. The molecule has 186 valence electrons. The van der Waals surface area contributed by atoms with Gasteiger partial charge in [0.2, 0.25) is 0 Å². The van der Waals surface area contributed by atoms with Crippen LogP contribution in [0.25, 0.3) is 11.1 Å². The summed E-state index contributed by atoms with van der Waals surface area (Å²) in [6.07, 6.45) is 0. The van der Waals surface area contributed by atoms with Crippen molar-refractivity contribution in [1.29, 1.82) is 0 Å². The van der Waals surface area contributed by atoms with Crippen LogP contribution in [-0.4, -0.2) is 24.8 Å². The minimum atomic E-state index is -2.99. The molecule has 0 radical (unpaired) electrons. The van der Waals surface area contributed by atoms with Gasteiger partial charge in [-0.25, -0.2) is 0 Å². The summed E-state index contributed by atoms with van der Waals surface area (Å²) in [4.78, 5) is 12.9. The summed E-state index contributed by atoms with van der Waals surface area (Å²) >= 11 is 0. The van der Waals surface area contributed by atoms with E-state index in [1.165, 1.54) is 19.2 Å². The third-order valence-electron chi connectivity index (χ3n) is 5.52. The Morgan fingerprint density at radius 3 is 2.47 bits per heavy atom. The lowest BCUT2D eigenvalue weighted by Crippen LogP contribution is -2.12. The third kappa shape index (κ3) is 5.80. The molecule has 0 unspecified atom stereocenters. The van der Waals surface area contributed by atoms with Crippen LogP contribution in [-0.2, 0) is 6.61 Å². The van der Waals surface area contributed by atoms with E-state index in [0.717, 1.165) is 11.3 Å². The molecular weight excluding hydrogens is 470 g/mol. The summed E-state index contributed by atoms with van der Waals surface area (Å²) in [5.41, 5.74) is 3.39. The Kier molecular flexibility index (Phi) is 7.48. The molecule has 1 aromatic heterocycles. The zero-order valence-corrected chi connectivity index (χ0v) is 19.9. The van der Waals surface area contributed by atoms with Gasteiger partial charge in [0, 0.05) is 16.8 Å². The maximum absolute atomic E-state index is 13.0. The van der Waals surface area contributed by atoms with Gasteiger partial charge in [-0.15, -0.1) is 0 Å². The van der Waals surface area contributed by atoms with E-state index in [4.69, 9.17) is 14.0 Å². The van der Waals surface area contributed by atoms with Crippen LogP contribution in [0.4, 0.5) is 14.5 Å². The quantitative estimate of drug-likeness (QED) is 0.290. The van der Waals surface area contributed by atoms with Crippen molar-refractivity contribution in [3.63, 3.8) is 0 Å².